The van der Waals surface area contributed by atoms with Crippen molar-refractivity contribution in [2.75, 3.05) is 36.4 Å². The zero-order valence-corrected chi connectivity index (χ0v) is 21.7. The maximum absolute atomic E-state index is 12.6. The second-order valence-corrected chi connectivity index (χ2v) is 9.23. The molecule has 188 valence electrons. The lowest BCUT2D eigenvalue weighted by atomic mass is 10.2. The van der Waals surface area contributed by atoms with Crippen LogP contribution >= 0.6 is 23.8 Å². The van der Waals surface area contributed by atoms with Crippen molar-refractivity contribution in [2.45, 2.75) is 0 Å². The quantitative estimate of drug-likeness (QED) is 0.337. The molecule has 8 heteroatoms. The van der Waals surface area contributed by atoms with Gasteiger partial charge in [-0.1, -0.05) is 72.3 Å². The Bertz CT molecular complexity index is 1300. The van der Waals surface area contributed by atoms with Gasteiger partial charge in [-0.25, -0.2) is 0 Å². The van der Waals surface area contributed by atoms with E-state index in [1.807, 2.05) is 83.8 Å². The summed E-state index contributed by atoms with van der Waals surface area (Å²) in [5.41, 5.74) is 3.48. The summed E-state index contributed by atoms with van der Waals surface area (Å²) < 4.78 is 0. The average Bonchev–Trinajstić information content (AvgIpc) is 2.92. The largest absolute Gasteiger partial charge is 0.367 e. The van der Waals surface area contributed by atoms with Gasteiger partial charge in [0.2, 0.25) is 11.8 Å². The van der Waals surface area contributed by atoms with Gasteiger partial charge in [-0.3, -0.25) is 14.9 Å². The molecule has 0 unspecified atom stereocenters. The van der Waals surface area contributed by atoms with Crippen LogP contribution in [0.1, 0.15) is 11.1 Å². The number of halogens is 1. The van der Waals surface area contributed by atoms with Gasteiger partial charge in [0, 0.05) is 44.0 Å². The van der Waals surface area contributed by atoms with Crippen molar-refractivity contribution in [1.29, 1.82) is 0 Å². The third-order valence-electron chi connectivity index (χ3n) is 5.82. The van der Waals surface area contributed by atoms with E-state index in [0.29, 0.717) is 36.9 Å². The summed E-state index contributed by atoms with van der Waals surface area (Å²) >= 11 is 11.8. The molecule has 4 rings (SSSR count). The fraction of sp³-hybridized carbons (Fsp3) is 0.138. The van der Waals surface area contributed by atoms with Crippen LogP contribution in [0, 0.1) is 0 Å². The van der Waals surface area contributed by atoms with Crippen LogP contribution in [-0.4, -0.2) is 48.0 Å². The van der Waals surface area contributed by atoms with Crippen molar-refractivity contribution in [1.82, 2.24) is 10.2 Å². The molecule has 0 saturated carbocycles. The molecule has 0 aliphatic carbocycles. The van der Waals surface area contributed by atoms with Gasteiger partial charge in [0.25, 0.3) is 0 Å². The van der Waals surface area contributed by atoms with Crippen LogP contribution in [0.15, 0.2) is 91.0 Å². The Morgan fingerprint density at radius 2 is 1.41 bits per heavy atom. The van der Waals surface area contributed by atoms with Gasteiger partial charge in [-0.2, -0.15) is 0 Å². The van der Waals surface area contributed by atoms with E-state index in [1.165, 1.54) is 6.08 Å². The lowest BCUT2D eigenvalue weighted by Crippen LogP contribution is -2.48. The molecule has 1 saturated heterocycles. The van der Waals surface area contributed by atoms with Crippen molar-refractivity contribution in [3.8, 4) is 0 Å². The van der Waals surface area contributed by atoms with E-state index in [1.54, 1.807) is 18.2 Å². The average molecular weight is 531 g/mol. The van der Waals surface area contributed by atoms with Gasteiger partial charge in [-0.05, 0) is 53.7 Å². The van der Waals surface area contributed by atoms with Gasteiger partial charge in [-0.15, -0.1) is 0 Å². The summed E-state index contributed by atoms with van der Waals surface area (Å²) in [5.74, 6) is -0.321. The molecule has 0 radical (unpaired) electrons. The lowest BCUT2D eigenvalue weighted by Gasteiger charge is -2.36. The molecule has 0 spiro atoms. The highest BCUT2D eigenvalue weighted by Gasteiger charge is 2.21. The number of carbonyl (C=O) groups is 2. The molecule has 2 N–H and O–H groups in total. The summed E-state index contributed by atoms with van der Waals surface area (Å²) in [6.07, 6.45) is 6.61. The van der Waals surface area contributed by atoms with Crippen LogP contribution < -0.4 is 15.5 Å². The topological polar surface area (TPSA) is 64.7 Å². The molecule has 2 amide bonds. The molecule has 1 aliphatic heterocycles. The number of amides is 2. The van der Waals surface area contributed by atoms with Gasteiger partial charge in [0.05, 0.1) is 10.7 Å². The van der Waals surface area contributed by atoms with E-state index in [9.17, 15) is 9.59 Å². The minimum absolute atomic E-state index is 0.00307. The van der Waals surface area contributed by atoms with Crippen molar-refractivity contribution >= 4 is 64.3 Å². The van der Waals surface area contributed by atoms with Crippen LogP contribution in [0.25, 0.3) is 12.2 Å². The Balaban J connectivity index is 1.26. The second kappa shape index (κ2) is 12.9. The zero-order valence-electron chi connectivity index (χ0n) is 20.1. The van der Waals surface area contributed by atoms with E-state index >= 15 is 0 Å². The Labute approximate surface area is 227 Å². The first kappa shape index (κ1) is 26.1. The number of carbonyl (C=O) groups excluding carboxylic acids is 2. The number of thiocarbonyl (C=S) groups is 1. The van der Waals surface area contributed by atoms with Crippen molar-refractivity contribution < 1.29 is 9.59 Å². The number of hydrogen-bond acceptors (Lipinski definition) is 4. The summed E-state index contributed by atoms with van der Waals surface area (Å²) in [7, 11) is 0. The predicted octanol–water partition coefficient (Wildman–Crippen LogP) is 5.23. The highest BCUT2D eigenvalue weighted by atomic mass is 35.5. The molecule has 1 heterocycles. The third-order valence-corrected chi connectivity index (χ3v) is 6.33. The van der Waals surface area contributed by atoms with Gasteiger partial charge >= 0.3 is 0 Å². The Kier molecular flexibility index (Phi) is 9.08. The van der Waals surface area contributed by atoms with Crippen molar-refractivity contribution in [2.24, 2.45) is 0 Å². The van der Waals surface area contributed by atoms with Crippen LogP contribution in [-0.2, 0) is 9.59 Å². The van der Waals surface area contributed by atoms with Crippen LogP contribution in [0.2, 0.25) is 5.02 Å². The predicted molar refractivity (Wildman–Crippen MR) is 156 cm³/mol. The van der Waals surface area contributed by atoms with E-state index < -0.39 is 0 Å². The smallest absolute Gasteiger partial charge is 0.250 e. The molecule has 0 atom stereocenters. The monoisotopic (exact) mass is 530 g/mol. The van der Waals surface area contributed by atoms with Gasteiger partial charge < -0.3 is 15.1 Å². The van der Waals surface area contributed by atoms with Crippen LogP contribution in [0.3, 0.4) is 0 Å². The normalized spacial score (nSPS) is 13.6. The first-order chi connectivity index (χ1) is 18.0. The second-order valence-electron chi connectivity index (χ2n) is 8.41. The Morgan fingerprint density at radius 3 is 2.00 bits per heavy atom. The number of piperazine rings is 1. The van der Waals surface area contributed by atoms with Crippen LogP contribution in [0.5, 0.6) is 0 Å². The summed E-state index contributed by atoms with van der Waals surface area (Å²) in [4.78, 5) is 28.7. The molecule has 3 aromatic rings. The molecular formula is C29H27ClN4O2S. The fourth-order valence-corrected chi connectivity index (χ4v) is 4.42. The van der Waals surface area contributed by atoms with Crippen molar-refractivity contribution in [3.63, 3.8) is 0 Å². The fourth-order valence-electron chi connectivity index (χ4n) is 3.90. The van der Waals surface area contributed by atoms with Gasteiger partial charge in [0.1, 0.15) is 0 Å². The molecule has 1 fully saturated rings. The lowest BCUT2D eigenvalue weighted by molar-refractivity contribution is -0.126. The van der Waals surface area contributed by atoms with E-state index in [2.05, 4.69) is 15.5 Å². The maximum atomic E-state index is 12.6. The SMILES string of the molecule is O=C(/C=C/c1ccccc1)NC(=S)Nc1ccc(N2CCN(C(=O)/C=C/c3ccccc3)CC2)c(Cl)c1. The molecule has 37 heavy (non-hydrogen) atoms. The van der Waals surface area contributed by atoms with E-state index in [4.69, 9.17) is 23.8 Å². The number of nitrogens with one attached hydrogen (secondary N) is 2. The zero-order chi connectivity index (χ0) is 26.0. The minimum Gasteiger partial charge on any atom is -0.367 e. The molecule has 6 nitrogen and oxygen atoms in total. The van der Waals surface area contributed by atoms with Gasteiger partial charge in [0.15, 0.2) is 5.11 Å². The van der Waals surface area contributed by atoms with Crippen LogP contribution in [0.4, 0.5) is 11.4 Å². The Morgan fingerprint density at radius 1 is 0.811 bits per heavy atom. The highest BCUT2D eigenvalue weighted by Crippen LogP contribution is 2.29. The molecule has 1 aliphatic rings. The standard InChI is InChI=1S/C29H27ClN4O2S/c30-25-21-24(31-29(37)32-27(35)15-11-22-7-3-1-4-8-22)13-14-26(25)33-17-19-34(20-18-33)28(36)16-12-23-9-5-2-6-10-23/h1-16,21H,17-20H2,(H2,31,32,35,37)/b15-11+,16-12+. The number of nitrogens with zero attached hydrogens (tertiary/aromatic N) is 2. The summed E-state index contributed by atoms with van der Waals surface area (Å²) in [5, 5.41) is 6.37. The first-order valence-corrected chi connectivity index (χ1v) is 12.7. The molecule has 3 aromatic carbocycles. The molecule has 0 aromatic heterocycles. The van der Waals surface area contributed by atoms with Crippen molar-refractivity contribution in [3.05, 3.63) is 107 Å². The Hall–Kier alpha value is -3.94. The number of benzene rings is 3. The number of anilines is 2. The molecular weight excluding hydrogens is 504 g/mol. The number of hydrogen-bond donors (Lipinski definition) is 2. The summed E-state index contributed by atoms with van der Waals surface area (Å²) in [6.45, 7) is 2.58. The summed E-state index contributed by atoms with van der Waals surface area (Å²) in [6, 6.07) is 24.9. The van der Waals surface area contributed by atoms with E-state index in [0.717, 1.165) is 16.8 Å². The first-order valence-electron chi connectivity index (χ1n) is 11.9. The molecule has 0 bridgehead atoms. The highest BCUT2D eigenvalue weighted by molar-refractivity contribution is 7.80. The number of rotatable bonds is 6. The minimum atomic E-state index is -0.324. The third kappa shape index (κ3) is 7.77. The maximum Gasteiger partial charge on any atom is 0.250 e. The van der Waals surface area contributed by atoms with E-state index in [-0.39, 0.29) is 16.9 Å².